The average Bonchev–Trinajstić information content (AvgIpc) is 2.64. The summed E-state index contributed by atoms with van der Waals surface area (Å²) in [6.07, 6.45) is 0. The maximum absolute atomic E-state index is 5.08. The molecule has 0 amide bonds. The Labute approximate surface area is 132 Å². The SMILES string of the molecule is CN=C(NC)NCc1c(C)nn(CCOC)c1C.I. The van der Waals surface area contributed by atoms with Crippen LogP contribution in [0.4, 0.5) is 0 Å². The molecule has 0 atom stereocenters. The monoisotopic (exact) mass is 381 g/mol. The van der Waals surface area contributed by atoms with Gasteiger partial charge < -0.3 is 15.4 Å². The molecule has 19 heavy (non-hydrogen) atoms. The highest BCUT2D eigenvalue weighted by Crippen LogP contribution is 2.12. The lowest BCUT2D eigenvalue weighted by Gasteiger charge is -2.09. The molecule has 6 nitrogen and oxygen atoms in total. The van der Waals surface area contributed by atoms with Gasteiger partial charge in [0.05, 0.1) is 18.8 Å². The molecule has 1 rings (SSSR count). The quantitative estimate of drug-likeness (QED) is 0.455. The Bertz CT molecular complexity index is 416. The number of nitrogens with zero attached hydrogens (tertiary/aromatic N) is 3. The van der Waals surface area contributed by atoms with Gasteiger partial charge in [-0.3, -0.25) is 9.67 Å². The Kier molecular flexibility index (Phi) is 8.73. The lowest BCUT2D eigenvalue weighted by atomic mass is 10.2. The smallest absolute Gasteiger partial charge is 0.190 e. The molecule has 1 heterocycles. The lowest BCUT2D eigenvalue weighted by molar-refractivity contribution is 0.182. The molecule has 0 aromatic carbocycles. The summed E-state index contributed by atoms with van der Waals surface area (Å²) in [5.41, 5.74) is 3.42. The van der Waals surface area contributed by atoms with E-state index in [1.807, 2.05) is 18.7 Å². The van der Waals surface area contributed by atoms with Crippen LogP contribution in [0.3, 0.4) is 0 Å². The minimum absolute atomic E-state index is 0. The van der Waals surface area contributed by atoms with Crippen LogP contribution in [0.2, 0.25) is 0 Å². The van der Waals surface area contributed by atoms with Gasteiger partial charge in [-0.25, -0.2) is 0 Å². The summed E-state index contributed by atoms with van der Waals surface area (Å²) >= 11 is 0. The predicted octanol–water partition coefficient (Wildman–Crippen LogP) is 1.06. The minimum Gasteiger partial charge on any atom is -0.383 e. The van der Waals surface area contributed by atoms with Gasteiger partial charge in [0, 0.05) is 39.0 Å². The first-order valence-corrected chi connectivity index (χ1v) is 6.04. The third-order valence-corrected chi connectivity index (χ3v) is 2.93. The molecule has 2 N–H and O–H groups in total. The zero-order valence-corrected chi connectivity index (χ0v) is 14.6. The Morgan fingerprint density at radius 2 is 2.11 bits per heavy atom. The van der Waals surface area contributed by atoms with Gasteiger partial charge in [0.25, 0.3) is 0 Å². The highest BCUT2D eigenvalue weighted by Gasteiger charge is 2.11. The molecule has 0 aliphatic carbocycles. The van der Waals surface area contributed by atoms with Crippen molar-refractivity contribution in [3.05, 3.63) is 17.0 Å². The van der Waals surface area contributed by atoms with Crippen molar-refractivity contribution in [3.63, 3.8) is 0 Å². The van der Waals surface area contributed by atoms with Crippen molar-refractivity contribution in [2.45, 2.75) is 26.9 Å². The summed E-state index contributed by atoms with van der Waals surface area (Å²) in [6.45, 7) is 6.28. The normalized spacial score (nSPS) is 11.1. The first-order valence-electron chi connectivity index (χ1n) is 6.04. The van der Waals surface area contributed by atoms with Gasteiger partial charge in [0.2, 0.25) is 0 Å². The molecule has 0 saturated heterocycles. The van der Waals surface area contributed by atoms with Crippen LogP contribution in [0.1, 0.15) is 17.0 Å². The number of aryl methyl sites for hydroxylation is 1. The van der Waals surface area contributed by atoms with Crippen LogP contribution in [0.5, 0.6) is 0 Å². The van der Waals surface area contributed by atoms with E-state index in [9.17, 15) is 0 Å². The highest BCUT2D eigenvalue weighted by atomic mass is 127. The van der Waals surface area contributed by atoms with E-state index in [0.29, 0.717) is 6.61 Å². The van der Waals surface area contributed by atoms with E-state index in [-0.39, 0.29) is 24.0 Å². The number of ether oxygens (including phenoxy) is 1. The summed E-state index contributed by atoms with van der Waals surface area (Å²) < 4.78 is 7.06. The Balaban J connectivity index is 0.00000324. The van der Waals surface area contributed by atoms with Crippen LogP contribution < -0.4 is 10.6 Å². The third kappa shape index (κ3) is 4.98. The van der Waals surface area contributed by atoms with Gasteiger partial charge in [-0.1, -0.05) is 0 Å². The fourth-order valence-corrected chi connectivity index (χ4v) is 1.84. The maximum atomic E-state index is 5.08. The van der Waals surface area contributed by atoms with Crippen molar-refractivity contribution in [1.29, 1.82) is 0 Å². The van der Waals surface area contributed by atoms with E-state index in [2.05, 4.69) is 27.6 Å². The van der Waals surface area contributed by atoms with Crippen LogP contribution in [-0.2, 0) is 17.8 Å². The van der Waals surface area contributed by atoms with Gasteiger partial charge in [-0.15, -0.1) is 24.0 Å². The second-order valence-electron chi connectivity index (χ2n) is 4.04. The van der Waals surface area contributed by atoms with E-state index in [4.69, 9.17) is 4.74 Å². The number of halogens is 1. The lowest BCUT2D eigenvalue weighted by Crippen LogP contribution is -2.34. The number of guanidine groups is 1. The number of nitrogens with one attached hydrogen (secondary N) is 2. The molecule has 0 spiro atoms. The van der Waals surface area contributed by atoms with Crippen molar-refractivity contribution in [3.8, 4) is 0 Å². The molecule has 0 fully saturated rings. The predicted molar refractivity (Wildman–Crippen MR) is 88.3 cm³/mol. The van der Waals surface area contributed by atoms with Crippen molar-refractivity contribution in [2.75, 3.05) is 27.8 Å². The third-order valence-electron chi connectivity index (χ3n) is 2.93. The summed E-state index contributed by atoms with van der Waals surface area (Å²) in [5, 5.41) is 10.7. The zero-order valence-electron chi connectivity index (χ0n) is 12.3. The van der Waals surface area contributed by atoms with E-state index in [0.717, 1.165) is 24.7 Å². The van der Waals surface area contributed by atoms with Gasteiger partial charge in [-0.2, -0.15) is 5.10 Å². The number of aromatic nitrogens is 2. The van der Waals surface area contributed by atoms with Gasteiger partial charge in [0.15, 0.2) is 5.96 Å². The summed E-state index contributed by atoms with van der Waals surface area (Å²) in [6, 6.07) is 0. The fourth-order valence-electron chi connectivity index (χ4n) is 1.84. The molecule has 0 bridgehead atoms. The molecular formula is C12H24IN5O. The van der Waals surface area contributed by atoms with Crippen molar-refractivity contribution >= 4 is 29.9 Å². The molecule has 0 unspecified atom stereocenters. The van der Waals surface area contributed by atoms with Gasteiger partial charge >= 0.3 is 0 Å². The number of hydrogen-bond donors (Lipinski definition) is 2. The molecule has 1 aromatic rings. The Morgan fingerprint density at radius 3 is 2.63 bits per heavy atom. The first-order chi connectivity index (χ1) is 8.63. The highest BCUT2D eigenvalue weighted by molar-refractivity contribution is 14.0. The molecule has 0 aliphatic rings. The van der Waals surface area contributed by atoms with Crippen LogP contribution in [0, 0.1) is 13.8 Å². The molecule has 0 saturated carbocycles. The first kappa shape index (κ1) is 18.2. The molecule has 1 aromatic heterocycles. The molecule has 0 aliphatic heterocycles. The molecule has 0 radical (unpaired) electrons. The van der Waals surface area contributed by atoms with E-state index in [1.165, 1.54) is 11.3 Å². The summed E-state index contributed by atoms with van der Waals surface area (Å²) in [5.74, 6) is 0.776. The topological polar surface area (TPSA) is 63.5 Å². The Morgan fingerprint density at radius 1 is 1.42 bits per heavy atom. The van der Waals surface area contributed by atoms with Gasteiger partial charge in [-0.05, 0) is 13.8 Å². The number of aliphatic imine (C=N–C) groups is 1. The van der Waals surface area contributed by atoms with E-state index in [1.54, 1.807) is 14.2 Å². The number of rotatable bonds is 5. The van der Waals surface area contributed by atoms with Crippen molar-refractivity contribution in [1.82, 2.24) is 20.4 Å². The fraction of sp³-hybridized carbons (Fsp3) is 0.667. The minimum atomic E-state index is 0. The van der Waals surface area contributed by atoms with Crippen molar-refractivity contribution in [2.24, 2.45) is 4.99 Å². The van der Waals surface area contributed by atoms with E-state index < -0.39 is 0 Å². The van der Waals surface area contributed by atoms with E-state index >= 15 is 0 Å². The van der Waals surface area contributed by atoms with Crippen LogP contribution in [0.25, 0.3) is 0 Å². The van der Waals surface area contributed by atoms with Crippen LogP contribution in [-0.4, -0.2) is 43.6 Å². The average molecular weight is 381 g/mol. The zero-order chi connectivity index (χ0) is 13.5. The Hall–Kier alpha value is -0.830. The van der Waals surface area contributed by atoms with Crippen molar-refractivity contribution < 1.29 is 4.74 Å². The molecule has 110 valence electrons. The van der Waals surface area contributed by atoms with Gasteiger partial charge in [0.1, 0.15) is 0 Å². The number of methoxy groups -OCH3 is 1. The summed E-state index contributed by atoms with van der Waals surface area (Å²) in [4.78, 5) is 4.08. The largest absolute Gasteiger partial charge is 0.383 e. The number of hydrogen-bond acceptors (Lipinski definition) is 3. The molecular weight excluding hydrogens is 357 g/mol. The standard InChI is InChI=1S/C12H23N5O.HI/c1-9-11(8-15-12(13-3)14-4)10(2)17(16-9)6-7-18-5;/h6-8H2,1-5H3,(H2,13,14,15);1H. The maximum Gasteiger partial charge on any atom is 0.190 e. The summed E-state index contributed by atoms with van der Waals surface area (Å²) in [7, 11) is 5.29. The second-order valence-corrected chi connectivity index (χ2v) is 4.04. The molecule has 7 heteroatoms. The van der Waals surface area contributed by atoms with Crippen LogP contribution >= 0.6 is 24.0 Å². The van der Waals surface area contributed by atoms with Crippen LogP contribution in [0.15, 0.2) is 4.99 Å². The second kappa shape index (κ2) is 9.13.